The van der Waals surface area contributed by atoms with E-state index < -0.39 is 0 Å². The highest BCUT2D eigenvalue weighted by molar-refractivity contribution is 6.25. The largest absolute Gasteiger partial charge is 0.310 e. The van der Waals surface area contributed by atoms with Crippen molar-refractivity contribution in [3.63, 3.8) is 0 Å². The van der Waals surface area contributed by atoms with Gasteiger partial charge in [0.15, 0.2) is 0 Å². The summed E-state index contributed by atoms with van der Waals surface area (Å²) in [6.07, 6.45) is 0. The van der Waals surface area contributed by atoms with E-state index in [2.05, 4.69) is 266 Å². The van der Waals surface area contributed by atoms with Gasteiger partial charge in [0, 0.05) is 38.6 Å². The minimum Gasteiger partial charge on any atom is -0.310 e. The average Bonchev–Trinajstić information content (AvgIpc) is 3.86. The van der Waals surface area contributed by atoms with Crippen LogP contribution in [0.15, 0.2) is 243 Å². The SMILES string of the molecule is CC1(C)c2ccccc2-c2ccc(N(c3cccc(-c4ccccc4-c4ccc5c(c4)c4ccccc4n5-c4ccc5c6ccccc6c6ccccc6c5c4)c3)c3cccc4ccccc34)cc21. The Bertz CT molecular complexity index is 4200. The van der Waals surface area contributed by atoms with E-state index >= 15 is 0 Å². The van der Waals surface area contributed by atoms with Crippen LogP contribution < -0.4 is 4.90 Å². The molecule has 2 nitrogen and oxygen atoms in total. The molecule has 1 aliphatic rings. The van der Waals surface area contributed by atoms with E-state index in [1.807, 2.05) is 0 Å². The third-order valence-corrected chi connectivity index (χ3v) is 15.1. The molecule has 0 bridgehead atoms. The maximum atomic E-state index is 2.47. The second-order valence-electron chi connectivity index (χ2n) is 19.2. The number of hydrogen-bond acceptors (Lipinski definition) is 1. The van der Waals surface area contributed by atoms with E-state index in [1.165, 1.54) is 109 Å². The summed E-state index contributed by atoms with van der Waals surface area (Å²) in [6, 6.07) is 90.0. The van der Waals surface area contributed by atoms with E-state index in [9.17, 15) is 0 Å². The molecule has 0 radical (unpaired) electrons. The molecular formula is C67H46N2. The summed E-state index contributed by atoms with van der Waals surface area (Å²) < 4.78 is 2.45. The van der Waals surface area contributed by atoms with Gasteiger partial charge in [-0.25, -0.2) is 0 Å². The Kier molecular flexibility index (Phi) is 8.66. The van der Waals surface area contributed by atoms with Gasteiger partial charge in [-0.05, 0) is 143 Å². The molecule has 69 heavy (non-hydrogen) atoms. The predicted octanol–water partition coefficient (Wildman–Crippen LogP) is 18.5. The van der Waals surface area contributed by atoms with Crippen molar-refractivity contribution in [2.45, 2.75) is 19.3 Å². The Morgan fingerprint density at radius 3 is 1.64 bits per heavy atom. The summed E-state index contributed by atoms with van der Waals surface area (Å²) in [5.41, 5.74) is 17.0. The minimum absolute atomic E-state index is 0.125. The summed E-state index contributed by atoms with van der Waals surface area (Å²) in [7, 11) is 0. The molecule has 2 heteroatoms. The number of hydrogen-bond donors (Lipinski definition) is 0. The number of rotatable bonds is 6. The standard InChI is InChI=1S/C67H46N2/c1-67(2)62-30-13-11-28-57(62)58-37-35-48(42-63(58)67)68(64-32-16-18-43-17-3-4-23-51(43)64)46-20-15-19-44(39-46)49-21-5-6-22-50(49)45-33-38-66-61(40-45)59-29-12-14-31-65(59)69(66)47-34-36-56-54-26-8-7-24-52(54)53-25-9-10-27-55(53)60(56)41-47/h3-42H,1-2H3. The average molecular weight is 879 g/mol. The van der Waals surface area contributed by atoms with Crippen molar-refractivity contribution in [3.8, 4) is 39.1 Å². The lowest BCUT2D eigenvalue weighted by Crippen LogP contribution is -2.16. The molecular weight excluding hydrogens is 833 g/mol. The molecule has 324 valence electrons. The Morgan fingerprint density at radius 1 is 0.319 bits per heavy atom. The first-order valence-electron chi connectivity index (χ1n) is 24.1. The normalized spacial score (nSPS) is 12.9. The fourth-order valence-corrected chi connectivity index (χ4v) is 11.9. The number of aromatic nitrogens is 1. The van der Waals surface area contributed by atoms with Crippen molar-refractivity contribution in [2.75, 3.05) is 4.90 Å². The molecule has 1 heterocycles. The zero-order chi connectivity index (χ0) is 45.8. The van der Waals surface area contributed by atoms with Gasteiger partial charge in [0.25, 0.3) is 0 Å². The number of anilines is 3. The monoisotopic (exact) mass is 878 g/mol. The van der Waals surface area contributed by atoms with Crippen molar-refractivity contribution < 1.29 is 0 Å². The second kappa shape index (κ2) is 15.2. The number of nitrogens with zero attached hydrogens (tertiary/aromatic N) is 2. The molecule has 12 aromatic carbocycles. The zero-order valence-electron chi connectivity index (χ0n) is 38.5. The van der Waals surface area contributed by atoms with Gasteiger partial charge in [-0.2, -0.15) is 0 Å². The van der Waals surface area contributed by atoms with Crippen molar-refractivity contribution in [1.82, 2.24) is 4.57 Å². The van der Waals surface area contributed by atoms with Crippen LogP contribution in [0.2, 0.25) is 0 Å². The molecule has 0 atom stereocenters. The Labute approximate surface area is 401 Å². The van der Waals surface area contributed by atoms with Gasteiger partial charge in [-0.1, -0.05) is 196 Å². The van der Waals surface area contributed by atoms with E-state index in [0.717, 1.165) is 22.7 Å². The number of fused-ring (bicyclic) bond motifs is 13. The van der Waals surface area contributed by atoms with Crippen molar-refractivity contribution in [1.29, 1.82) is 0 Å². The van der Waals surface area contributed by atoms with Crippen LogP contribution in [-0.4, -0.2) is 4.57 Å². The number of benzene rings is 12. The Balaban J connectivity index is 0.911. The van der Waals surface area contributed by atoms with Crippen LogP contribution in [0.25, 0.3) is 104 Å². The topological polar surface area (TPSA) is 8.17 Å². The molecule has 0 saturated heterocycles. The first kappa shape index (κ1) is 39.4. The van der Waals surface area contributed by atoms with Gasteiger partial charge in [0.2, 0.25) is 0 Å². The van der Waals surface area contributed by atoms with E-state index in [1.54, 1.807) is 0 Å². The van der Waals surface area contributed by atoms with Crippen molar-refractivity contribution in [2.24, 2.45) is 0 Å². The first-order valence-corrected chi connectivity index (χ1v) is 24.1. The van der Waals surface area contributed by atoms with Gasteiger partial charge >= 0.3 is 0 Å². The Hall–Kier alpha value is -8.72. The summed E-state index contributed by atoms with van der Waals surface area (Å²) in [5, 5.41) is 12.6. The minimum atomic E-state index is -0.125. The van der Waals surface area contributed by atoms with Crippen LogP contribution >= 0.6 is 0 Å². The molecule has 0 unspecified atom stereocenters. The summed E-state index contributed by atoms with van der Waals surface area (Å²) >= 11 is 0. The lowest BCUT2D eigenvalue weighted by atomic mass is 9.82. The van der Waals surface area contributed by atoms with Gasteiger partial charge in [0.1, 0.15) is 0 Å². The molecule has 0 aliphatic heterocycles. The quantitative estimate of drug-likeness (QED) is 0.151. The fraction of sp³-hybridized carbons (Fsp3) is 0.0448. The molecule has 1 aromatic heterocycles. The maximum Gasteiger partial charge on any atom is 0.0541 e. The van der Waals surface area contributed by atoms with Crippen LogP contribution in [0.5, 0.6) is 0 Å². The molecule has 13 aromatic rings. The first-order chi connectivity index (χ1) is 34.0. The second-order valence-corrected chi connectivity index (χ2v) is 19.2. The third-order valence-electron chi connectivity index (χ3n) is 15.1. The Morgan fingerprint density at radius 2 is 0.870 bits per heavy atom. The lowest BCUT2D eigenvalue weighted by molar-refractivity contribution is 0.660. The number of para-hydroxylation sites is 1. The van der Waals surface area contributed by atoms with E-state index in [-0.39, 0.29) is 5.41 Å². The van der Waals surface area contributed by atoms with Crippen LogP contribution in [0.1, 0.15) is 25.0 Å². The van der Waals surface area contributed by atoms with Gasteiger partial charge in [-0.3, -0.25) is 0 Å². The smallest absolute Gasteiger partial charge is 0.0541 e. The van der Waals surface area contributed by atoms with E-state index in [4.69, 9.17) is 0 Å². The van der Waals surface area contributed by atoms with Crippen LogP contribution in [0, 0.1) is 0 Å². The molecule has 1 aliphatic carbocycles. The van der Waals surface area contributed by atoms with Gasteiger partial charge in [0.05, 0.1) is 16.7 Å². The molecule has 0 saturated carbocycles. The molecule has 0 N–H and O–H groups in total. The maximum absolute atomic E-state index is 2.47. The van der Waals surface area contributed by atoms with Crippen LogP contribution in [0.3, 0.4) is 0 Å². The molecule has 0 spiro atoms. The van der Waals surface area contributed by atoms with Crippen molar-refractivity contribution in [3.05, 3.63) is 254 Å². The molecule has 14 rings (SSSR count). The summed E-state index contributed by atoms with van der Waals surface area (Å²) in [4.78, 5) is 2.47. The summed E-state index contributed by atoms with van der Waals surface area (Å²) in [6.45, 7) is 4.73. The highest BCUT2D eigenvalue weighted by Crippen LogP contribution is 2.51. The highest BCUT2D eigenvalue weighted by Gasteiger charge is 2.36. The van der Waals surface area contributed by atoms with Crippen molar-refractivity contribution >= 4 is 82.0 Å². The third kappa shape index (κ3) is 5.98. The lowest BCUT2D eigenvalue weighted by Gasteiger charge is -2.29. The molecule has 0 amide bonds. The summed E-state index contributed by atoms with van der Waals surface area (Å²) in [5.74, 6) is 0. The van der Waals surface area contributed by atoms with Crippen LogP contribution in [0.4, 0.5) is 17.1 Å². The van der Waals surface area contributed by atoms with Gasteiger partial charge < -0.3 is 9.47 Å². The molecule has 0 fully saturated rings. The zero-order valence-corrected chi connectivity index (χ0v) is 38.5. The highest BCUT2D eigenvalue weighted by atomic mass is 15.1. The van der Waals surface area contributed by atoms with E-state index in [0.29, 0.717) is 0 Å². The van der Waals surface area contributed by atoms with Gasteiger partial charge in [-0.15, -0.1) is 0 Å². The predicted molar refractivity (Wildman–Crippen MR) is 294 cm³/mol. The fourth-order valence-electron chi connectivity index (χ4n) is 11.9. The van der Waals surface area contributed by atoms with Crippen LogP contribution in [-0.2, 0) is 5.41 Å².